The number of anilines is 1. The number of aromatic nitrogens is 1. The maximum Gasteiger partial charge on any atom is 0.344 e. The topological polar surface area (TPSA) is 94.6 Å². The number of fused-ring (bicyclic) bond motifs is 1. The summed E-state index contributed by atoms with van der Waals surface area (Å²) in [7, 11) is -3.87. The van der Waals surface area contributed by atoms with Crippen molar-refractivity contribution in [3.63, 3.8) is 0 Å². The van der Waals surface area contributed by atoms with Gasteiger partial charge >= 0.3 is 5.97 Å². The molecular weight excluding hydrogens is 428 g/mol. The number of esters is 1. The molecule has 0 spiro atoms. The molecule has 0 amide bonds. The summed E-state index contributed by atoms with van der Waals surface area (Å²) in [6.45, 7) is 7.47. The van der Waals surface area contributed by atoms with Crippen LogP contribution in [0.2, 0.25) is 0 Å². The first-order valence-electron chi connectivity index (χ1n) is 10.2. The molecule has 0 aliphatic carbocycles. The Kier molecular flexibility index (Phi) is 7.15. The van der Waals surface area contributed by atoms with Gasteiger partial charge in [-0.25, -0.2) is 18.2 Å². The van der Waals surface area contributed by atoms with E-state index in [0.717, 1.165) is 11.1 Å². The van der Waals surface area contributed by atoms with Gasteiger partial charge in [0.05, 0.1) is 28.4 Å². The summed E-state index contributed by atoms with van der Waals surface area (Å²) in [4.78, 5) is 16.4. The molecule has 2 aromatic carbocycles. The molecule has 0 aliphatic heterocycles. The fourth-order valence-electron chi connectivity index (χ4n) is 3.03. The number of nitrogens with zero attached hydrogens (tertiary/aromatic N) is 1. The van der Waals surface area contributed by atoms with E-state index in [9.17, 15) is 13.2 Å². The maximum atomic E-state index is 13.0. The zero-order valence-electron chi connectivity index (χ0n) is 18.5. The van der Waals surface area contributed by atoms with Crippen molar-refractivity contribution in [3.8, 4) is 5.75 Å². The van der Waals surface area contributed by atoms with Crippen molar-refractivity contribution in [3.05, 3.63) is 65.4 Å². The number of aryl methyl sites for hydroxylation is 1. The van der Waals surface area contributed by atoms with Crippen molar-refractivity contribution < 1.29 is 22.7 Å². The second-order valence-electron chi connectivity index (χ2n) is 7.51. The standard InChI is InChI=1S/C24H26N2O5S/c1-5-30-23(27)15-31-20-13-18-8-9-19(12-16(2)3)25-24(18)22(14-20)26-32(28,29)21-10-6-17(4)7-11-21/h6-14,26H,5,15H2,1-4H3. The Balaban J connectivity index is 2.05. The number of allylic oxidation sites excluding steroid dienone is 1. The van der Waals surface area contributed by atoms with E-state index in [1.54, 1.807) is 37.3 Å². The minimum absolute atomic E-state index is 0.134. The lowest BCUT2D eigenvalue weighted by Gasteiger charge is -2.14. The highest BCUT2D eigenvalue weighted by molar-refractivity contribution is 7.92. The third-order valence-electron chi connectivity index (χ3n) is 4.46. The van der Waals surface area contributed by atoms with E-state index in [0.29, 0.717) is 22.3 Å². The molecular formula is C24H26N2O5S. The van der Waals surface area contributed by atoms with E-state index < -0.39 is 16.0 Å². The third-order valence-corrected chi connectivity index (χ3v) is 5.84. The zero-order valence-corrected chi connectivity index (χ0v) is 19.3. The summed E-state index contributed by atoms with van der Waals surface area (Å²) in [6, 6.07) is 13.4. The van der Waals surface area contributed by atoms with Crippen molar-refractivity contribution in [1.82, 2.24) is 4.98 Å². The van der Waals surface area contributed by atoms with Crippen molar-refractivity contribution in [2.45, 2.75) is 32.6 Å². The Labute approximate surface area is 188 Å². The molecule has 1 N–H and O–H groups in total. The summed E-state index contributed by atoms with van der Waals surface area (Å²) < 4.78 is 39.1. The van der Waals surface area contributed by atoms with Crippen LogP contribution in [0.5, 0.6) is 5.75 Å². The minimum atomic E-state index is -3.87. The fraction of sp³-hybridized carbons (Fsp3) is 0.250. The average molecular weight is 455 g/mol. The number of hydrogen-bond donors (Lipinski definition) is 1. The molecule has 3 aromatic rings. The summed E-state index contributed by atoms with van der Waals surface area (Å²) in [5.41, 5.74) is 3.45. The number of rotatable bonds is 8. The SMILES string of the molecule is CCOC(=O)COc1cc(NS(=O)(=O)c2ccc(C)cc2)c2nc(C=C(C)C)ccc2c1. The van der Waals surface area contributed by atoms with Crippen LogP contribution < -0.4 is 9.46 Å². The number of carbonyl (C=O) groups is 1. The van der Waals surface area contributed by atoms with Gasteiger partial charge in [-0.15, -0.1) is 0 Å². The quantitative estimate of drug-likeness (QED) is 0.496. The van der Waals surface area contributed by atoms with Crippen LogP contribution in [0.1, 0.15) is 32.0 Å². The monoisotopic (exact) mass is 454 g/mol. The van der Waals surface area contributed by atoms with Gasteiger partial charge in [0.2, 0.25) is 0 Å². The summed E-state index contributed by atoms with van der Waals surface area (Å²) in [6.07, 6.45) is 1.91. The predicted octanol–water partition coefficient (Wildman–Crippen LogP) is 4.71. The van der Waals surface area contributed by atoms with Crippen LogP contribution in [0, 0.1) is 6.92 Å². The molecule has 0 saturated carbocycles. The van der Waals surface area contributed by atoms with Gasteiger partial charge in [0.1, 0.15) is 5.75 Å². The van der Waals surface area contributed by atoms with Gasteiger partial charge in [-0.3, -0.25) is 4.72 Å². The van der Waals surface area contributed by atoms with Gasteiger partial charge in [-0.05, 0) is 58.0 Å². The Morgan fingerprint density at radius 2 is 1.81 bits per heavy atom. The van der Waals surface area contributed by atoms with E-state index in [2.05, 4.69) is 9.71 Å². The van der Waals surface area contributed by atoms with Crippen molar-refractivity contribution >= 4 is 38.7 Å². The fourth-order valence-corrected chi connectivity index (χ4v) is 4.08. The lowest BCUT2D eigenvalue weighted by atomic mass is 10.1. The smallest absolute Gasteiger partial charge is 0.344 e. The summed E-state index contributed by atoms with van der Waals surface area (Å²) in [5, 5.41) is 0.666. The van der Waals surface area contributed by atoms with E-state index in [1.807, 2.05) is 39.0 Å². The van der Waals surface area contributed by atoms with E-state index in [1.165, 1.54) is 6.07 Å². The highest BCUT2D eigenvalue weighted by Crippen LogP contribution is 2.31. The number of nitrogens with one attached hydrogen (secondary N) is 1. The predicted molar refractivity (Wildman–Crippen MR) is 125 cm³/mol. The molecule has 0 radical (unpaired) electrons. The number of hydrogen-bond acceptors (Lipinski definition) is 6. The Morgan fingerprint density at radius 3 is 2.47 bits per heavy atom. The molecule has 0 unspecified atom stereocenters. The first-order valence-corrected chi connectivity index (χ1v) is 11.6. The molecule has 1 aromatic heterocycles. The number of ether oxygens (including phenoxy) is 2. The van der Waals surface area contributed by atoms with Crippen LogP contribution in [-0.4, -0.2) is 32.6 Å². The van der Waals surface area contributed by atoms with Gasteiger partial charge in [0.25, 0.3) is 10.0 Å². The Hall–Kier alpha value is -3.39. The molecule has 0 atom stereocenters. The van der Waals surface area contributed by atoms with Crippen molar-refractivity contribution in [1.29, 1.82) is 0 Å². The summed E-state index contributed by atoms with van der Waals surface area (Å²) in [5.74, 6) is -0.185. The summed E-state index contributed by atoms with van der Waals surface area (Å²) >= 11 is 0. The molecule has 3 rings (SSSR count). The van der Waals surface area contributed by atoms with Crippen LogP contribution in [0.25, 0.3) is 17.0 Å². The minimum Gasteiger partial charge on any atom is -0.482 e. The highest BCUT2D eigenvalue weighted by atomic mass is 32.2. The largest absolute Gasteiger partial charge is 0.482 e. The van der Waals surface area contributed by atoms with Crippen LogP contribution in [0.4, 0.5) is 5.69 Å². The molecule has 8 heteroatoms. The first-order chi connectivity index (χ1) is 15.2. The third kappa shape index (κ3) is 5.85. The lowest BCUT2D eigenvalue weighted by Crippen LogP contribution is -2.16. The van der Waals surface area contributed by atoms with Gasteiger partial charge in [0, 0.05) is 11.5 Å². The van der Waals surface area contributed by atoms with Crippen molar-refractivity contribution in [2.24, 2.45) is 0 Å². The van der Waals surface area contributed by atoms with Crippen LogP contribution in [0.15, 0.2) is 59.0 Å². The van der Waals surface area contributed by atoms with E-state index >= 15 is 0 Å². The van der Waals surface area contributed by atoms with Crippen molar-refractivity contribution in [2.75, 3.05) is 17.9 Å². The molecule has 0 saturated heterocycles. The molecule has 0 aliphatic rings. The zero-order chi connectivity index (χ0) is 23.3. The molecule has 168 valence electrons. The normalized spacial score (nSPS) is 11.1. The number of sulfonamides is 1. The number of benzene rings is 2. The van der Waals surface area contributed by atoms with E-state index in [4.69, 9.17) is 9.47 Å². The van der Waals surface area contributed by atoms with Gasteiger partial charge in [-0.1, -0.05) is 29.3 Å². The van der Waals surface area contributed by atoms with Crippen LogP contribution >= 0.6 is 0 Å². The Morgan fingerprint density at radius 1 is 1.09 bits per heavy atom. The first kappa shape index (κ1) is 23.3. The number of pyridine rings is 1. The van der Waals surface area contributed by atoms with E-state index in [-0.39, 0.29) is 23.8 Å². The Bertz CT molecular complexity index is 1260. The van der Waals surface area contributed by atoms with Gasteiger partial charge in [0.15, 0.2) is 6.61 Å². The number of carbonyl (C=O) groups excluding carboxylic acids is 1. The second-order valence-corrected chi connectivity index (χ2v) is 9.20. The van der Waals surface area contributed by atoms with Crippen LogP contribution in [0.3, 0.4) is 0 Å². The maximum absolute atomic E-state index is 13.0. The van der Waals surface area contributed by atoms with Gasteiger partial charge in [-0.2, -0.15) is 0 Å². The molecule has 1 heterocycles. The molecule has 32 heavy (non-hydrogen) atoms. The highest BCUT2D eigenvalue weighted by Gasteiger charge is 2.18. The molecule has 0 bridgehead atoms. The van der Waals surface area contributed by atoms with Gasteiger partial charge < -0.3 is 9.47 Å². The molecule has 0 fully saturated rings. The lowest BCUT2D eigenvalue weighted by molar-refractivity contribution is -0.145. The second kappa shape index (κ2) is 9.82. The average Bonchev–Trinajstić information content (AvgIpc) is 2.72. The van der Waals surface area contributed by atoms with Crippen LogP contribution in [-0.2, 0) is 19.6 Å². The molecule has 7 nitrogen and oxygen atoms in total.